The van der Waals surface area contributed by atoms with Crippen LogP contribution < -0.4 is 5.32 Å². The molecule has 0 amide bonds. The Morgan fingerprint density at radius 2 is 2.00 bits per heavy atom. The lowest BCUT2D eigenvalue weighted by molar-refractivity contribution is -0.142. The van der Waals surface area contributed by atoms with Gasteiger partial charge in [-0.25, -0.2) is 4.98 Å². The summed E-state index contributed by atoms with van der Waals surface area (Å²) in [4.78, 5) is 15.7. The zero-order valence-electron chi connectivity index (χ0n) is 13.2. The Balaban J connectivity index is 2.05. The molecule has 0 saturated heterocycles. The molecule has 0 fully saturated rings. The maximum atomic E-state index is 11.3. The highest BCUT2D eigenvalue weighted by atomic mass is 32.1. The van der Waals surface area contributed by atoms with E-state index < -0.39 is 11.4 Å². The highest BCUT2D eigenvalue weighted by Crippen LogP contribution is 2.29. The predicted molar refractivity (Wildman–Crippen MR) is 91.1 cm³/mol. The standard InChI is InChI=1S/C17H22N2O2S/c1-4-5-6-12-7-9-13(10-8-12)18-16-19-14(11-22-16)17(2,3)15(20)21/h7-11H,4-6H2,1-3H3,(H,18,19)(H,20,21). The molecule has 5 heteroatoms. The molecule has 0 aliphatic heterocycles. The summed E-state index contributed by atoms with van der Waals surface area (Å²) >= 11 is 1.42. The molecule has 1 heterocycles. The van der Waals surface area contributed by atoms with Gasteiger partial charge < -0.3 is 10.4 Å². The van der Waals surface area contributed by atoms with Crippen LogP contribution in [0.1, 0.15) is 44.9 Å². The molecule has 2 N–H and O–H groups in total. The molecule has 2 aromatic rings. The van der Waals surface area contributed by atoms with E-state index in [1.165, 1.54) is 29.7 Å². The van der Waals surface area contributed by atoms with E-state index in [0.29, 0.717) is 10.8 Å². The van der Waals surface area contributed by atoms with Crippen LogP contribution >= 0.6 is 11.3 Å². The van der Waals surface area contributed by atoms with Crippen LogP contribution in [0.5, 0.6) is 0 Å². The summed E-state index contributed by atoms with van der Waals surface area (Å²) in [6, 6.07) is 8.31. The highest BCUT2D eigenvalue weighted by Gasteiger charge is 2.32. The molecule has 0 unspecified atom stereocenters. The summed E-state index contributed by atoms with van der Waals surface area (Å²) in [6.07, 6.45) is 3.50. The molecule has 0 radical (unpaired) electrons. The van der Waals surface area contributed by atoms with Gasteiger partial charge >= 0.3 is 5.97 Å². The second-order valence-corrected chi connectivity index (χ2v) is 6.75. The van der Waals surface area contributed by atoms with E-state index in [1.807, 2.05) is 12.1 Å². The normalized spacial score (nSPS) is 11.4. The third-order valence-electron chi connectivity index (χ3n) is 3.70. The number of carboxylic acids is 1. The van der Waals surface area contributed by atoms with Crippen LogP contribution in [0.25, 0.3) is 0 Å². The fourth-order valence-electron chi connectivity index (χ4n) is 1.99. The molecule has 0 bridgehead atoms. The number of anilines is 2. The van der Waals surface area contributed by atoms with Crippen LogP contribution in [0.3, 0.4) is 0 Å². The Bertz CT molecular complexity index is 632. The van der Waals surface area contributed by atoms with Crippen molar-refractivity contribution in [2.24, 2.45) is 0 Å². The number of hydrogen-bond donors (Lipinski definition) is 2. The van der Waals surface area contributed by atoms with Crippen LogP contribution in [-0.2, 0) is 16.6 Å². The van der Waals surface area contributed by atoms with Crippen molar-refractivity contribution in [3.63, 3.8) is 0 Å². The van der Waals surface area contributed by atoms with Crippen molar-refractivity contribution in [1.82, 2.24) is 4.98 Å². The van der Waals surface area contributed by atoms with Crippen LogP contribution in [0.2, 0.25) is 0 Å². The van der Waals surface area contributed by atoms with Gasteiger partial charge in [0.2, 0.25) is 0 Å². The number of unbranched alkanes of at least 4 members (excludes halogenated alkanes) is 1. The Morgan fingerprint density at radius 1 is 1.32 bits per heavy atom. The van der Waals surface area contributed by atoms with E-state index in [0.717, 1.165) is 12.1 Å². The molecule has 1 aromatic carbocycles. The van der Waals surface area contributed by atoms with E-state index in [2.05, 4.69) is 29.4 Å². The largest absolute Gasteiger partial charge is 0.481 e. The molecule has 2 rings (SSSR count). The fourth-order valence-corrected chi connectivity index (χ4v) is 2.89. The van der Waals surface area contributed by atoms with Crippen molar-refractivity contribution in [2.75, 3.05) is 5.32 Å². The van der Waals surface area contributed by atoms with Crippen molar-refractivity contribution in [1.29, 1.82) is 0 Å². The van der Waals surface area contributed by atoms with Gasteiger partial charge in [0.1, 0.15) is 5.41 Å². The topological polar surface area (TPSA) is 62.2 Å². The van der Waals surface area contributed by atoms with Gasteiger partial charge in [0, 0.05) is 11.1 Å². The number of carbonyl (C=O) groups is 1. The quantitative estimate of drug-likeness (QED) is 0.783. The first-order chi connectivity index (χ1) is 10.4. The van der Waals surface area contributed by atoms with Crippen molar-refractivity contribution in [2.45, 2.75) is 45.4 Å². The van der Waals surface area contributed by atoms with Crippen molar-refractivity contribution < 1.29 is 9.90 Å². The van der Waals surface area contributed by atoms with E-state index in [4.69, 9.17) is 0 Å². The van der Waals surface area contributed by atoms with Gasteiger partial charge in [-0.2, -0.15) is 0 Å². The van der Waals surface area contributed by atoms with Gasteiger partial charge in [-0.1, -0.05) is 25.5 Å². The lowest BCUT2D eigenvalue weighted by Crippen LogP contribution is -2.28. The Labute approximate surface area is 135 Å². The van der Waals surface area contributed by atoms with Crippen LogP contribution in [0.15, 0.2) is 29.6 Å². The average Bonchev–Trinajstić information content (AvgIpc) is 2.95. The van der Waals surface area contributed by atoms with E-state index in [1.54, 1.807) is 19.2 Å². The second-order valence-electron chi connectivity index (χ2n) is 5.89. The van der Waals surface area contributed by atoms with Crippen molar-refractivity contribution in [3.8, 4) is 0 Å². The summed E-state index contributed by atoms with van der Waals surface area (Å²) in [5.74, 6) is -0.871. The smallest absolute Gasteiger partial charge is 0.315 e. The molecular formula is C17H22N2O2S. The van der Waals surface area contributed by atoms with Gasteiger partial charge in [0.05, 0.1) is 5.69 Å². The number of aryl methyl sites for hydroxylation is 1. The summed E-state index contributed by atoms with van der Waals surface area (Å²) in [5, 5.41) is 15.0. The molecule has 4 nitrogen and oxygen atoms in total. The summed E-state index contributed by atoms with van der Waals surface area (Å²) in [5.41, 5.74) is 1.90. The summed E-state index contributed by atoms with van der Waals surface area (Å²) in [6.45, 7) is 5.52. The van der Waals surface area contributed by atoms with E-state index in [9.17, 15) is 9.90 Å². The van der Waals surface area contributed by atoms with Gasteiger partial charge in [0.25, 0.3) is 0 Å². The minimum Gasteiger partial charge on any atom is -0.481 e. The molecule has 118 valence electrons. The molecule has 0 saturated carbocycles. The van der Waals surface area contributed by atoms with Crippen molar-refractivity contribution >= 4 is 28.1 Å². The summed E-state index contributed by atoms with van der Waals surface area (Å²) < 4.78 is 0. The maximum Gasteiger partial charge on any atom is 0.315 e. The fraction of sp³-hybridized carbons (Fsp3) is 0.412. The number of nitrogens with zero attached hydrogens (tertiary/aromatic N) is 1. The molecule has 0 atom stereocenters. The zero-order chi connectivity index (χ0) is 16.2. The Hall–Kier alpha value is -1.88. The number of benzene rings is 1. The van der Waals surface area contributed by atoms with Crippen molar-refractivity contribution in [3.05, 3.63) is 40.9 Å². The van der Waals surface area contributed by atoms with Crippen LogP contribution in [0, 0.1) is 0 Å². The SMILES string of the molecule is CCCCc1ccc(Nc2nc(C(C)(C)C(=O)O)cs2)cc1. The first-order valence-corrected chi connectivity index (χ1v) is 8.37. The lowest BCUT2D eigenvalue weighted by Gasteiger charge is -2.15. The number of hydrogen-bond acceptors (Lipinski definition) is 4. The maximum absolute atomic E-state index is 11.3. The minimum atomic E-state index is -0.972. The first-order valence-electron chi connectivity index (χ1n) is 7.49. The number of aromatic nitrogens is 1. The monoisotopic (exact) mass is 318 g/mol. The number of aliphatic carboxylic acids is 1. The Kier molecular flexibility index (Phi) is 5.19. The second kappa shape index (κ2) is 6.92. The Morgan fingerprint density at radius 3 is 2.59 bits per heavy atom. The zero-order valence-corrected chi connectivity index (χ0v) is 14.0. The highest BCUT2D eigenvalue weighted by molar-refractivity contribution is 7.13. The first kappa shape index (κ1) is 16.5. The van der Waals surface area contributed by atoms with Gasteiger partial charge in [-0.15, -0.1) is 11.3 Å². The third-order valence-corrected chi connectivity index (χ3v) is 4.46. The number of nitrogens with one attached hydrogen (secondary N) is 1. The molecule has 0 spiro atoms. The van der Waals surface area contributed by atoms with E-state index in [-0.39, 0.29) is 0 Å². The summed E-state index contributed by atoms with van der Waals surface area (Å²) in [7, 11) is 0. The van der Waals surface area contributed by atoms with Gasteiger partial charge in [-0.05, 0) is 44.4 Å². The lowest BCUT2D eigenvalue weighted by atomic mass is 9.90. The van der Waals surface area contributed by atoms with Crippen LogP contribution in [-0.4, -0.2) is 16.1 Å². The van der Waals surface area contributed by atoms with E-state index >= 15 is 0 Å². The number of carboxylic acid groups (broad SMARTS) is 1. The molecule has 22 heavy (non-hydrogen) atoms. The number of thiazole rings is 1. The average molecular weight is 318 g/mol. The number of rotatable bonds is 7. The predicted octanol–water partition coefficient (Wildman–Crippen LogP) is 4.59. The minimum absolute atomic E-state index is 0.576. The van der Waals surface area contributed by atoms with Gasteiger partial charge in [0.15, 0.2) is 5.13 Å². The third kappa shape index (κ3) is 3.85. The molecular weight excluding hydrogens is 296 g/mol. The molecule has 0 aliphatic carbocycles. The van der Waals surface area contributed by atoms with Crippen LogP contribution in [0.4, 0.5) is 10.8 Å². The van der Waals surface area contributed by atoms with Gasteiger partial charge in [-0.3, -0.25) is 4.79 Å². The molecule has 1 aromatic heterocycles. The molecule has 0 aliphatic rings.